The normalized spacial score (nSPS) is 12.7. The van der Waals surface area contributed by atoms with Crippen LogP contribution in [0.3, 0.4) is 0 Å². The van der Waals surface area contributed by atoms with Gasteiger partial charge in [0.05, 0.1) is 0 Å². The lowest BCUT2D eigenvalue weighted by molar-refractivity contribution is 0.546. The summed E-state index contributed by atoms with van der Waals surface area (Å²) in [5.41, 5.74) is 1.12. The molecule has 0 aliphatic rings. The van der Waals surface area contributed by atoms with Crippen LogP contribution in [0, 0.1) is 5.82 Å². The van der Waals surface area contributed by atoms with Crippen LogP contribution in [-0.4, -0.2) is 15.6 Å². The van der Waals surface area contributed by atoms with Crippen LogP contribution in [0.1, 0.15) is 32.4 Å². The average Bonchev–Trinajstić information content (AvgIpc) is 2.79. The van der Waals surface area contributed by atoms with Crippen LogP contribution in [0.2, 0.25) is 0 Å². The molecule has 4 heteroatoms. The van der Waals surface area contributed by atoms with Gasteiger partial charge in [-0.05, 0) is 44.9 Å². The predicted molar refractivity (Wildman–Crippen MR) is 75.8 cm³/mol. The zero-order valence-electron chi connectivity index (χ0n) is 11.6. The fourth-order valence-corrected chi connectivity index (χ4v) is 2.10. The standard InChI is InChI=1S/C15H20FN3/c1-11(2)18-15-17-8-9-19(15)12(3)10-13-4-6-14(16)7-5-13/h4-9,11-12H,10H2,1-3H3,(H,17,18). The van der Waals surface area contributed by atoms with Gasteiger partial charge >= 0.3 is 0 Å². The molecule has 3 nitrogen and oxygen atoms in total. The minimum absolute atomic E-state index is 0.193. The topological polar surface area (TPSA) is 29.9 Å². The van der Waals surface area contributed by atoms with Gasteiger partial charge in [-0.3, -0.25) is 0 Å². The number of imidazole rings is 1. The van der Waals surface area contributed by atoms with Gasteiger partial charge in [-0.25, -0.2) is 9.37 Å². The first-order valence-corrected chi connectivity index (χ1v) is 6.60. The van der Waals surface area contributed by atoms with Crippen LogP contribution in [0.5, 0.6) is 0 Å². The zero-order chi connectivity index (χ0) is 13.8. The molecular formula is C15H20FN3. The Hall–Kier alpha value is -1.84. The van der Waals surface area contributed by atoms with Crippen LogP contribution in [0.15, 0.2) is 36.7 Å². The van der Waals surface area contributed by atoms with Crippen LogP contribution in [0.4, 0.5) is 10.3 Å². The Labute approximate surface area is 113 Å². The molecule has 1 N–H and O–H groups in total. The molecule has 0 fully saturated rings. The van der Waals surface area contributed by atoms with E-state index in [9.17, 15) is 4.39 Å². The number of hydrogen-bond donors (Lipinski definition) is 1. The van der Waals surface area contributed by atoms with Crippen molar-refractivity contribution in [3.05, 3.63) is 48.0 Å². The van der Waals surface area contributed by atoms with E-state index in [1.165, 1.54) is 12.1 Å². The van der Waals surface area contributed by atoms with Gasteiger partial charge < -0.3 is 9.88 Å². The predicted octanol–water partition coefficient (Wildman–Crippen LogP) is 3.65. The Morgan fingerprint density at radius 1 is 1.21 bits per heavy atom. The maximum absolute atomic E-state index is 12.9. The summed E-state index contributed by atoms with van der Waals surface area (Å²) in [7, 11) is 0. The van der Waals surface area contributed by atoms with Crippen molar-refractivity contribution >= 4 is 5.95 Å². The first kappa shape index (κ1) is 13.6. The molecule has 0 saturated heterocycles. The summed E-state index contributed by atoms with van der Waals surface area (Å²) in [6, 6.07) is 7.29. The largest absolute Gasteiger partial charge is 0.353 e. The quantitative estimate of drug-likeness (QED) is 0.890. The SMILES string of the molecule is CC(C)Nc1nccn1C(C)Cc1ccc(F)cc1. The van der Waals surface area contributed by atoms with E-state index >= 15 is 0 Å². The number of halogens is 1. The lowest BCUT2D eigenvalue weighted by Gasteiger charge is -2.18. The number of benzene rings is 1. The molecule has 1 atom stereocenters. The summed E-state index contributed by atoms with van der Waals surface area (Å²) < 4.78 is 15.0. The molecule has 19 heavy (non-hydrogen) atoms. The van der Waals surface area contributed by atoms with E-state index in [0.29, 0.717) is 6.04 Å². The van der Waals surface area contributed by atoms with Gasteiger partial charge in [0.2, 0.25) is 5.95 Å². The summed E-state index contributed by atoms with van der Waals surface area (Å²) in [5.74, 6) is 0.686. The Balaban J connectivity index is 2.09. The molecule has 1 heterocycles. The Bertz CT molecular complexity index is 516. The lowest BCUT2D eigenvalue weighted by atomic mass is 10.1. The van der Waals surface area contributed by atoms with Crippen molar-refractivity contribution in [3.8, 4) is 0 Å². The molecule has 0 spiro atoms. The third-order valence-corrected chi connectivity index (χ3v) is 3.01. The van der Waals surface area contributed by atoms with E-state index in [4.69, 9.17) is 0 Å². The summed E-state index contributed by atoms with van der Waals surface area (Å²) >= 11 is 0. The van der Waals surface area contributed by atoms with Gasteiger partial charge in [0.1, 0.15) is 5.82 Å². The number of anilines is 1. The second kappa shape index (κ2) is 5.87. The fraction of sp³-hybridized carbons (Fsp3) is 0.400. The molecule has 1 unspecified atom stereocenters. The molecule has 0 aliphatic carbocycles. The highest BCUT2D eigenvalue weighted by Crippen LogP contribution is 2.19. The van der Waals surface area contributed by atoms with E-state index in [1.54, 1.807) is 6.20 Å². The van der Waals surface area contributed by atoms with Crippen LogP contribution >= 0.6 is 0 Å². The smallest absolute Gasteiger partial charge is 0.203 e. The molecule has 1 aromatic carbocycles. The molecule has 102 valence electrons. The number of hydrogen-bond acceptors (Lipinski definition) is 2. The summed E-state index contributed by atoms with van der Waals surface area (Å²) in [4.78, 5) is 4.33. The first-order chi connectivity index (χ1) is 9.06. The molecule has 0 amide bonds. The van der Waals surface area contributed by atoms with Crippen molar-refractivity contribution in [1.82, 2.24) is 9.55 Å². The zero-order valence-corrected chi connectivity index (χ0v) is 11.6. The van der Waals surface area contributed by atoms with E-state index in [1.807, 2.05) is 18.3 Å². The summed E-state index contributed by atoms with van der Waals surface area (Å²) in [6.45, 7) is 6.31. The highest BCUT2D eigenvalue weighted by Gasteiger charge is 2.11. The third kappa shape index (κ3) is 3.56. The maximum atomic E-state index is 12.9. The van der Waals surface area contributed by atoms with Crippen molar-refractivity contribution in [2.45, 2.75) is 39.3 Å². The van der Waals surface area contributed by atoms with E-state index in [-0.39, 0.29) is 11.9 Å². The van der Waals surface area contributed by atoms with Gasteiger partial charge in [0.25, 0.3) is 0 Å². The lowest BCUT2D eigenvalue weighted by Crippen LogP contribution is -2.17. The summed E-state index contributed by atoms with van der Waals surface area (Å²) in [6.07, 6.45) is 4.62. The molecular weight excluding hydrogens is 241 g/mol. The Morgan fingerprint density at radius 3 is 2.53 bits per heavy atom. The van der Waals surface area contributed by atoms with E-state index in [0.717, 1.165) is 17.9 Å². The monoisotopic (exact) mass is 261 g/mol. The third-order valence-electron chi connectivity index (χ3n) is 3.01. The number of rotatable bonds is 5. The van der Waals surface area contributed by atoms with E-state index < -0.39 is 0 Å². The maximum Gasteiger partial charge on any atom is 0.203 e. The highest BCUT2D eigenvalue weighted by molar-refractivity contribution is 5.28. The average molecular weight is 261 g/mol. The van der Waals surface area contributed by atoms with Crippen LogP contribution in [0.25, 0.3) is 0 Å². The van der Waals surface area contributed by atoms with Crippen molar-refractivity contribution < 1.29 is 4.39 Å². The molecule has 0 radical (unpaired) electrons. The number of nitrogens with zero attached hydrogens (tertiary/aromatic N) is 2. The number of nitrogens with one attached hydrogen (secondary N) is 1. The molecule has 0 saturated carbocycles. The minimum atomic E-state index is -0.193. The van der Waals surface area contributed by atoms with Crippen molar-refractivity contribution in [2.24, 2.45) is 0 Å². The molecule has 2 aromatic rings. The van der Waals surface area contributed by atoms with Crippen molar-refractivity contribution in [2.75, 3.05) is 5.32 Å². The van der Waals surface area contributed by atoms with Gasteiger partial charge in [-0.1, -0.05) is 12.1 Å². The molecule has 0 aliphatic heterocycles. The molecule has 2 rings (SSSR count). The highest BCUT2D eigenvalue weighted by atomic mass is 19.1. The molecule has 0 bridgehead atoms. The first-order valence-electron chi connectivity index (χ1n) is 6.60. The van der Waals surface area contributed by atoms with Crippen LogP contribution < -0.4 is 5.32 Å². The van der Waals surface area contributed by atoms with E-state index in [2.05, 4.69) is 35.6 Å². The van der Waals surface area contributed by atoms with Crippen molar-refractivity contribution in [3.63, 3.8) is 0 Å². The van der Waals surface area contributed by atoms with Gasteiger partial charge in [0.15, 0.2) is 0 Å². The Morgan fingerprint density at radius 2 is 1.89 bits per heavy atom. The molecule has 1 aromatic heterocycles. The Kier molecular flexibility index (Phi) is 4.20. The minimum Gasteiger partial charge on any atom is -0.353 e. The van der Waals surface area contributed by atoms with Gasteiger partial charge in [-0.15, -0.1) is 0 Å². The van der Waals surface area contributed by atoms with Gasteiger partial charge in [0, 0.05) is 24.5 Å². The summed E-state index contributed by atoms with van der Waals surface area (Å²) in [5, 5.41) is 3.32. The van der Waals surface area contributed by atoms with Crippen molar-refractivity contribution in [1.29, 1.82) is 0 Å². The van der Waals surface area contributed by atoms with Crippen LogP contribution in [-0.2, 0) is 6.42 Å². The fourth-order valence-electron chi connectivity index (χ4n) is 2.10. The second-order valence-electron chi connectivity index (χ2n) is 5.14. The number of aromatic nitrogens is 2. The van der Waals surface area contributed by atoms with Gasteiger partial charge in [-0.2, -0.15) is 0 Å². The second-order valence-corrected chi connectivity index (χ2v) is 5.14.